The Morgan fingerprint density at radius 1 is 1.10 bits per heavy atom. The van der Waals surface area contributed by atoms with E-state index < -0.39 is 42.9 Å². The molecule has 1 aliphatic rings. The van der Waals surface area contributed by atoms with Crippen molar-refractivity contribution in [2.75, 3.05) is 6.61 Å². The average molecular weight is 423 g/mol. The van der Waals surface area contributed by atoms with Crippen LogP contribution in [0.3, 0.4) is 0 Å². The molecule has 2 heterocycles. The standard InChI is InChI=1S/C20H19ClO8/c1-8-6-11(27-20-17(25)16(24)15(23)12(7-22)28-20)14(21)18-13(8)9-4-2-3-5-10(9)19(26)29-18/h2-6,12,15-17,20,22-25H,7H2,1H3/t12-,15-,16+,17-,20-/m1/s1. The number of ether oxygens (including phenoxy) is 2. The largest absolute Gasteiger partial charge is 0.460 e. The Hall–Kier alpha value is -2.20. The number of hydrogen-bond acceptors (Lipinski definition) is 8. The van der Waals surface area contributed by atoms with Crippen LogP contribution in [-0.4, -0.2) is 57.7 Å². The van der Waals surface area contributed by atoms with E-state index in [1.807, 2.05) is 0 Å². The minimum absolute atomic E-state index is 0.00888. The van der Waals surface area contributed by atoms with Gasteiger partial charge >= 0.3 is 5.63 Å². The molecule has 0 radical (unpaired) electrons. The molecular formula is C20H19ClO8. The number of fused-ring (bicyclic) bond motifs is 3. The molecule has 29 heavy (non-hydrogen) atoms. The first-order valence-electron chi connectivity index (χ1n) is 8.95. The van der Waals surface area contributed by atoms with Crippen LogP contribution in [0.2, 0.25) is 5.02 Å². The van der Waals surface area contributed by atoms with Crippen LogP contribution >= 0.6 is 11.6 Å². The zero-order chi connectivity index (χ0) is 20.9. The maximum atomic E-state index is 12.4. The van der Waals surface area contributed by atoms with E-state index in [0.29, 0.717) is 21.7 Å². The normalized spacial score (nSPS) is 27.4. The average Bonchev–Trinajstić information content (AvgIpc) is 2.72. The van der Waals surface area contributed by atoms with Crippen molar-refractivity contribution in [1.82, 2.24) is 0 Å². The quantitative estimate of drug-likeness (QED) is 0.364. The molecule has 1 saturated heterocycles. The van der Waals surface area contributed by atoms with Gasteiger partial charge in [0.1, 0.15) is 35.2 Å². The number of aliphatic hydroxyl groups is 4. The molecule has 3 aromatic rings. The SMILES string of the molecule is Cc1cc(O[C@@H]2O[C@H](CO)[C@@H](O)[C@H](O)[C@H]2O)c(Cl)c2oc(=O)c3ccccc3c12. The first-order chi connectivity index (χ1) is 13.8. The summed E-state index contributed by atoms with van der Waals surface area (Å²) in [6.07, 6.45) is -7.22. The van der Waals surface area contributed by atoms with E-state index in [1.165, 1.54) is 0 Å². The van der Waals surface area contributed by atoms with Crippen molar-refractivity contribution in [2.45, 2.75) is 37.6 Å². The highest BCUT2D eigenvalue weighted by molar-refractivity contribution is 6.37. The van der Waals surface area contributed by atoms with Crippen LogP contribution < -0.4 is 10.4 Å². The molecule has 0 amide bonds. The van der Waals surface area contributed by atoms with Gasteiger partial charge in [0.05, 0.1) is 12.0 Å². The van der Waals surface area contributed by atoms with E-state index in [0.717, 1.165) is 0 Å². The highest BCUT2D eigenvalue weighted by Gasteiger charge is 2.45. The predicted octanol–water partition coefficient (Wildman–Crippen LogP) is 1.09. The Bertz CT molecular complexity index is 1120. The van der Waals surface area contributed by atoms with Gasteiger partial charge in [-0.2, -0.15) is 0 Å². The Labute approximate surface area is 169 Å². The minimum Gasteiger partial charge on any atom is -0.460 e. The van der Waals surface area contributed by atoms with Crippen LogP contribution in [-0.2, 0) is 4.74 Å². The zero-order valence-corrected chi connectivity index (χ0v) is 16.0. The van der Waals surface area contributed by atoms with E-state index in [2.05, 4.69) is 0 Å². The van der Waals surface area contributed by atoms with Crippen molar-refractivity contribution in [3.8, 4) is 5.75 Å². The molecule has 8 nitrogen and oxygen atoms in total. The van der Waals surface area contributed by atoms with Crippen molar-refractivity contribution in [3.05, 3.63) is 51.3 Å². The number of halogens is 1. The first-order valence-corrected chi connectivity index (χ1v) is 9.33. The Morgan fingerprint density at radius 2 is 1.79 bits per heavy atom. The molecule has 0 aliphatic carbocycles. The molecule has 0 spiro atoms. The summed E-state index contributed by atoms with van der Waals surface area (Å²) in [5.74, 6) is 0.0550. The van der Waals surface area contributed by atoms with E-state index >= 15 is 0 Å². The number of benzene rings is 2. The number of hydrogen-bond donors (Lipinski definition) is 4. The van der Waals surface area contributed by atoms with E-state index in [9.17, 15) is 25.2 Å². The summed E-state index contributed by atoms with van der Waals surface area (Å²) in [4.78, 5) is 12.4. The maximum absolute atomic E-state index is 12.4. The number of aliphatic hydroxyl groups excluding tert-OH is 4. The Balaban J connectivity index is 1.80. The van der Waals surface area contributed by atoms with Gasteiger partial charge in [-0.1, -0.05) is 29.8 Å². The van der Waals surface area contributed by atoms with Crippen LogP contribution in [0.1, 0.15) is 5.56 Å². The van der Waals surface area contributed by atoms with Gasteiger partial charge in [0.15, 0.2) is 5.58 Å². The van der Waals surface area contributed by atoms with Gasteiger partial charge in [-0.15, -0.1) is 0 Å². The van der Waals surface area contributed by atoms with E-state index in [1.54, 1.807) is 37.3 Å². The highest BCUT2D eigenvalue weighted by Crippen LogP contribution is 2.39. The van der Waals surface area contributed by atoms with Gasteiger partial charge in [0.2, 0.25) is 6.29 Å². The monoisotopic (exact) mass is 422 g/mol. The van der Waals surface area contributed by atoms with Gasteiger partial charge in [-0.05, 0) is 24.6 Å². The summed E-state index contributed by atoms with van der Waals surface area (Å²) < 4.78 is 16.4. The molecule has 4 N–H and O–H groups in total. The first kappa shape index (κ1) is 20.1. The van der Waals surface area contributed by atoms with Crippen LogP contribution in [0.5, 0.6) is 5.75 Å². The summed E-state index contributed by atoms with van der Waals surface area (Å²) in [7, 11) is 0. The second kappa shape index (κ2) is 7.56. The van der Waals surface area contributed by atoms with Crippen LogP contribution in [0.25, 0.3) is 21.7 Å². The molecule has 5 atom stereocenters. The lowest BCUT2D eigenvalue weighted by molar-refractivity contribution is -0.277. The fourth-order valence-electron chi connectivity index (χ4n) is 3.57. The fraction of sp³-hybridized carbons (Fsp3) is 0.350. The third-order valence-corrected chi connectivity index (χ3v) is 5.45. The van der Waals surface area contributed by atoms with Gasteiger partial charge in [0, 0.05) is 10.8 Å². The summed E-state index contributed by atoms with van der Waals surface area (Å²) in [6.45, 7) is 1.20. The Kier molecular flexibility index (Phi) is 5.24. The lowest BCUT2D eigenvalue weighted by atomic mass is 9.99. The van der Waals surface area contributed by atoms with Crippen molar-refractivity contribution >= 4 is 33.3 Å². The molecule has 0 bridgehead atoms. The summed E-state index contributed by atoms with van der Waals surface area (Å²) in [6, 6.07) is 8.58. The highest BCUT2D eigenvalue weighted by atomic mass is 35.5. The topological polar surface area (TPSA) is 130 Å². The predicted molar refractivity (Wildman–Crippen MR) is 104 cm³/mol. The van der Waals surface area contributed by atoms with Gasteiger partial charge < -0.3 is 34.3 Å². The van der Waals surface area contributed by atoms with Crippen molar-refractivity contribution < 1.29 is 34.3 Å². The molecule has 154 valence electrons. The van der Waals surface area contributed by atoms with Crippen molar-refractivity contribution in [2.24, 2.45) is 0 Å². The second-order valence-corrected chi connectivity index (χ2v) is 7.34. The van der Waals surface area contributed by atoms with Crippen molar-refractivity contribution in [3.63, 3.8) is 0 Å². The van der Waals surface area contributed by atoms with Gasteiger partial charge in [-0.25, -0.2) is 4.79 Å². The number of aryl methyl sites for hydroxylation is 1. The third kappa shape index (κ3) is 3.28. The Morgan fingerprint density at radius 3 is 2.48 bits per heavy atom. The summed E-state index contributed by atoms with van der Waals surface area (Å²) in [5.41, 5.74) is 0.262. The van der Waals surface area contributed by atoms with Gasteiger partial charge in [0.25, 0.3) is 0 Å². The van der Waals surface area contributed by atoms with Crippen molar-refractivity contribution in [1.29, 1.82) is 0 Å². The zero-order valence-electron chi connectivity index (χ0n) is 15.3. The second-order valence-electron chi connectivity index (χ2n) is 6.96. The minimum atomic E-state index is -1.59. The molecule has 9 heteroatoms. The van der Waals surface area contributed by atoms with E-state index in [-0.39, 0.29) is 16.4 Å². The molecule has 2 aromatic carbocycles. The van der Waals surface area contributed by atoms with Gasteiger partial charge in [-0.3, -0.25) is 0 Å². The van der Waals surface area contributed by atoms with E-state index in [4.69, 9.17) is 25.5 Å². The third-order valence-electron chi connectivity index (χ3n) is 5.09. The fourth-order valence-corrected chi connectivity index (χ4v) is 3.80. The number of rotatable bonds is 3. The molecule has 1 aliphatic heterocycles. The lowest BCUT2D eigenvalue weighted by Gasteiger charge is -2.39. The summed E-state index contributed by atoms with van der Waals surface area (Å²) >= 11 is 6.43. The lowest BCUT2D eigenvalue weighted by Crippen LogP contribution is -2.60. The smallest absolute Gasteiger partial charge is 0.344 e. The summed E-state index contributed by atoms with van der Waals surface area (Å²) in [5, 5.41) is 41.0. The van der Waals surface area contributed by atoms with Crippen LogP contribution in [0.4, 0.5) is 0 Å². The molecule has 0 unspecified atom stereocenters. The molecular weight excluding hydrogens is 404 g/mol. The van der Waals surface area contributed by atoms with Crippen LogP contribution in [0.15, 0.2) is 39.5 Å². The molecule has 4 rings (SSSR count). The molecule has 1 aromatic heterocycles. The molecule has 1 fully saturated rings. The maximum Gasteiger partial charge on any atom is 0.344 e. The van der Waals surface area contributed by atoms with Crippen LogP contribution in [0, 0.1) is 6.92 Å². The molecule has 0 saturated carbocycles.